The largest absolute Gasteiger partial charge is 0.480 e. The molecule has 7 nitrogen and oxygen atoms in total. The van der Waals surface area contributed by atoms with Crippen LogP contribution in [0.2, 0.25) is 0 Å². The molecule has 138 valence electrons. The van der Waals surface area contributed by atoms with Crippen molar-refractivity contribution in [2.75, 3.05) is 25.0 Å². The average Bonchev–Trinajstić information content (AvgIpc) is 2.53. The molecule has 7 heteroatoms. The third kappa shape index (κ3) is 6.93. The van der Waals surface area contributed by atoms with Crippen molar-refractivity contribution in [3.63, 3.8) is 0 Å². The van der Waals surface area contributed by atoms with Crippen LogP contribution in [0, 0.1) is 0 Å². The third-order valence-electron chi connectivity index (χ3n) is 3.88. The summed E-state index contributed by atoms with van der Waals surface area (Å²) in [5.41, 5.74) is 1.75. The number of hydrogen-bond acceptors (Lipinski definition) is 4. The molecule has 1 aromatic rings. The van der Waals surface area contributed by atoms with E-state index in [2.05, 4.69) is 10.6 Å². The first-order valence-electron chi connectivity index (χ1n) is 8.32. The molecule has 0 heterocycles. The molecule has 0 aliphatic rings. The summed E-state index contributed by atoms with van der Waals surface area (Å²) in [6.45, 7) is 7.47. The number of rotatable bonds is 9. The summed E-state index contributed by atoms with van der Waals surface area (Å²) < 4.78 is 0. The van der Waals surface area contributed by atoms with E-state index in [0.29, 0.717) is 0 Å². The van der Waals surface area contributed by atoms with Crippen LogP contribution >= 0.6 is 0 Å². The second-order valence-electron chi connectivity index (χ2n) is 6.26. The number of aliphatic carboxylic acids is 1. The Labute approximate surface area is 148 Å². The van der Waals surface area contributed by atoms with Gasteiger partial charge in [0, 0.05) is 25.7 Å². The van der Waals surface area contributed by atoms with E-state index in [1.807, 2.05) is 38.1 Å². The Bertz CT molecular complexity index is 616. The molecule has 0 aliphatic heterocycles. The van der Waals surface area contributed by atoms with Crippen molar-refractivity contribution in [1.29, 1.82) is 0 Å². The fourth-order valence-electron chi connectivity index (χ4n) is 2.43. The molecular weight excluding hydrogens is 322 g/mol. The zero-order valence-electron chi connectivity index (χ0n) is 15.2. The lowest BCUT2D eigenvalue weighted by Gasteiger charge is -2.26. The molecule has 0 radical (unpaired) electrons. The lowest BCUT2D eigenvalue weighted by Crippen LogP contribution is -2.46. The normalized spacial score (nSPS) is 12.1. The van der Waals surface area contributed by atoms with E-state index in [1.54, 1.807) is 0 Å². The Morgan fingerprint density at radius 1 is 1.16 bits per heavy atom. The Hall–Kier alpha value is -2.41. The SMILES string of the molecule is CC(=O)NCCN(CC(=O)Nc1ccccc1C(C)C)C(C)C(=O)O. The number of carbonyl (C=O) groups excluding carboxylic acids is 2. The maximum Gasteiger partial charge on any atom is 0.320 e. The number of nitrogens with zero attached hydrogens (tertiary/aromatic N) is 1. The van der Waals surface area contributed by atoms with E-state index < -0.39 is 12.0 Å². The van der Waals surface area contributed by atoms with Crippen LogP contribution in [0.25, 0.3) is 0 Å². The van der Waals surface area contributed by atoms with Gasteiger partial charge in [-0.15, -0.1) is 0 Å². The maximum absolute atomic E-state index is 12.4. The summed E-state index contributed by atoms with van der Waals surface area (Å²) in [6, 6.07) is 6.71. The molecule has 0 aliphatic carbocycles. The highest BCUT2D eigenvalue weighted by atomic mass is 16.4. The van der Waals surface area contributed by atoms with Gasteiger partial charge in [-0.1, -0.05) is 32.0 Å². The highest BCUT2D eigenvalue weighted by molar-refractivity contribution is 5.93. The molecule has 1 unspecified atom stereocenters. The molecule has 0 saturated heterocycles. The molecule has 0 spiro atoms. The predicted molar refractivity (Wildman–Crippen MR) is 96.5 cm³/mol. The Kier molecular flexibility index (Phi) is 8.07. The molecule has 0 aromatic heterocycles. The van der Waals surface area contributed by atoms with Crippen molar-refractivity contribution in [3.8, 4) is 0 Å². The minimum absolute atomic E-state index is 0.0700. The summed E-state index contributed by atoms with van der Waals surface area (Å²) in [7, 11) is 0. The van der Waals surface area contributed by atoms with Crippen LogP contribution in [0.5, 0.6) is 0 Å². The lowest BCUT2D eigenvalue weighted by atomic mass is 10.0. The average molecular weight is 349 g/mol. The molecule has 3 N–H and O–H groups in total. The van der Waals surface area contributed by atoms with Gasteiger partial charge in [0.2, 0.25) is 11.8 Å². The van der Waals surface area contributed by atoms with Crippen molar-refractivity contribution >= 4 is 23.5 Å². The first-order valence-corrected chi connectivity index (χ1v) is 8.32. The number of carbonyl (C=O) groups is 3. The highest BCUT2D eigenvalue weighted by Gasteiger charge is 2.23. The fraction of sp³-hybridized carbons (Fsp3) is 0.500. The molecule has 25 heavy (non-hydrogen) atoms. The van der Waals surface area contributed by atoms with Crippen molar-refractivity contribution < 1.29 is 19.5 Å². The van der Waals surface area contributed by atoms with Crippen LogP contribution in [0.1, 0.15) is 39.2 Å². The first-order chi connectivity index (χ1) is 11.7. The van der Waals surface area contributed by atoms with Gasteiger partial charge in [-0.25, -0.2) is 0 Å². The van der Waals surface area contributed by atoms with Crippen LogP contribution in [0.15, 0.2) is 24.3 Å². The van der Waals surface area contributed by atoms with Crippen LogP contribution in [0.4, 0.5) is 5.69 Å². The van der Waals surface area contributed by atoms with Gasteiger partial charge < -0.3 is 15.7 Å². The van der Waals surface area contributed by atoms with Crippen molar-refractivity contribution in [2.24, 2.45) is 0 Å². The van der Waals surface area contributed by atoms with Crippen LogP contribution in [0.3, 0.4) is 0 Å². The number of anilines is 1. The van der Waals surface area contributed by atoms with Gasteiger partial charge in [0.15, 0.2) is 0 Å². The molecule has 2 amide bonds. The molecular formula is C18H27N3O4. The lowest BCUT2D eigenvalue weighted by molar-refractivity contribution is -0.142. The number of amides is 2. The highest BCUT2D eigenvalue weighted by Crippen LogP contribution is 2.23. The predicted octanol–water partition coefficient (Wildman–Crippen LogP) is 1.66. The zero-order chi connectivity index (χ0) is 19.0. The van der Waals surface area contributed by atoms with Crippen LogP contribution < -0.4 is 10.6 Å². The second kappa shape index (κ2) is 9.78. The summed E-state index contributed by atoms with van der Waals surface area (Å²) in [6.07, 6.45) is 0. The minimum Gasteiger partial charge on any atom is -0.480 e. The van der Waals surface area contributed by atoms with E-state index in [1.165, 1.54) is 18.7 Å². The standard InChI is InChI=1S/C18H27N3O4/c1-12(2)15-7-5-6-8-16(15)20-17(23)11-21(13(3)18(24)25)10-9-19-14(4)22/h5-8,12-13H,9-11H2,1-4H3,(H,19,22)(H,20,23)(H,24,25). The van der Waals surface area contributed by atoms with Gasteiger partial charge in [0.05, 0.1) is 6.54 Å². The monoisotopic (exact) mass is 349 g/mol. The summed E-state index contributed by atoms with van der Waals surface area (Å²) >= 11 is 0. The Balaban J connectivity index is 2.77. The fourth-order valence-corrected chi connectivity index (χ4v) is 2.43. The molecule has 1 rings (SSSR count). The third-order valence-corrected chi connectivity index (χ3v) is 3.88. The van der Waals surface area contributed by atoms with E-state index in [4.69, 9.17) is 0 Å². The van der Waals surface area contributed by atoms with Crippen LogP contribution in [-0.4, -0.2) is 53.5 Å². The van der Waals surface area contributed by atoms with Crippen molar-refractivity contribution in [3.05, 3.63) is 29.8 Å². The van der Waals surface area contributed by atoms with Gasteiger partial charge in [-0.05, 0) is 24.5 Å². The number of para-hydroxylation sites is 1. The minimum atomic E-state index is -1.02. The smallest absolute Gasteiger partial charge is 0.320 e. The number of benzene rings is 1. The van der Waals surface area contributed by atoms with E-state index in [-0.39, 0.29) is 37.4 Å². The molecule has 0 bridgehead atoms. The molecule has 1 aromatic carbocycles. The number of carboxylic acids is 1. The second-order valence-corrected chi connectivity index (χ2v) is 6.26. The summed E-state index contributed by atoms with van der Waals surface area (Å²) in [4.78, 5) is 36.1. The molecule has 0 fully saturated rings. The molecule has 1 atom stereocenters. The van der Waals surface area contributed by atoms with Gasteiger partial charge >= 0.3 is 5.97 Å². The topological polar surface area (TPSA) is 98.7 Å². The zero-order valence-corrected chi connectivity index (χ0v) is 15.2. The summed E-state index contributed by atoms with van der Waals surface area (Å²) in [5, 5.41) is 14.7. The van der Waals surface area contributed by atoms with Gasteiger partial charge in [-0.2, -0.15) is 0 Å². The van der Waals surface area contributed by atoms with E-state index in [9.17, 15) is 19.5 Å². The first kappa shape index (κ1) is 20.6. The van der Waals surface area contributed by atoms with E-state index in [0.717, 1.165) is 11.3 Å². The van der Waals surface area contributed by atoms with Gasteiger partial charge in [-0.3, -0.25) is 19.3 Å². The van der Waals surface area contributed by atoms with Crippen LogP contribution in [-0.2, 0) is 14.4 Å². The number of nitrogens with one attached hydrogen (secondary N) is 2. The van der Waals surface area contributed by atoms with Crippen molar-refractivity contribution in [2.45, 2.75) is 39.7 Å². The van der Waals surface area contributed by atoms with Crippen molar-refractivity contribution in [1.82, 2.24) is 10.2 Å². The van der Waals surface area contributed by atoms with Gasteiger partial charge in [0.25, 0.3) is 0 Å². The quantitative estimate of drug-likeness (QED) is 0.630. The Morgan fingerprint density at radius 3 is 2.36 bits per heavy atom. The van der Waals surface area contributed by atoms with E-state index >= 15 is 0 Å². The Morgan fingerprint density at radius 2 is 1.80 bits per heavy atom. The maximum atomic E-state index is 12.4. The van der Waals surface area contributed by atoms with Gasteiger partial charge in [0.1, 0.15) is 6.04 Å². The number of carboxylic acid groups (broad SMARTS) is 1. The molecule has 0 saturated carbocycles. The number of hydrogen-bond donors (Lipinski definition) is 3. The summed E-state index contributed by atoms with van der Waals surface area (Å²) in [5.74, 6) is -1.24.